The molecular weight excluding hydrogens is 333 g/mol. The third-order valence-electron chi connectivity index (χ3n) is 3.87. The molecule has 0 spiro atoms. The number of aliphatic hydroxyl groups is 2. The molecule has 2 aromatic rings. The number of phosphoric acid groups is 1. The Hall–Kier alpha value is -1.66. The van der Waals surface area contributed by atoms with Crippen LogP contribution in [0.2, 0.25) is 0 Å². The number of aromatic nitrogens is 4. The number of phosphoric ester groups is 1. The minimum absolute atomic E-state index is 0.0346. The highest BCUT2D eigenvalue weighted by Gasteiger charge is 2.56. The normalized spacial score (nSPS) is 33.1. The Morgan fingerprint density at radius 2 is 2.04 bits per heavy atom. The van der Waals surface area contributed by atoms with Crippen LogP contribution in [0.15, 0.2) is 6.33 Å². The number of nitrogens with two attached hydrogens (primary N) is 1. The van der Waals surface area contributed by atoms with Crippen LogP contribution in [0.3, 0.4) is 0 Å². The molecule has 0 amide bonds. The lowest BCUT2D eigenvalue weighted by molar-refractivity contribution is -0.111. The Kier molecular flexibility index (Phi) is 3.03. The molecule has 0 saturated carbocycles. The van der Waals surface area contributed by atoms with Crippen LogP contribution in [-0.2, 0) is 13.8 Å². The summed E-state index contributed by atoms with van der Waals surface area (Å²) in [6.45, 7) is 0. The number of hydrogen-bond donors (Lipinski definition) is 5. The van der Waals surface area contributed by atoms with E-state index in [4.69, 9.17) is 24.8 Å². The van der Waals surface area contributed by atoms with Crippen molar-refractivity contribution in [3.05, 3.63) is 12.2 Å². The summed E-state index contributed by atoms with van der Waals surface area (Å²) in [5.74, 6) is 0.0881. The summed E-state index contributed by atoms with van der Waals surface area (Å²) in [5, 5.41) is 20.2. The summed E-state index contributed by atoms with van der Waals surface area (Å²) in [6, 6.07) is 0. The standard InChI is InChI=1S/C10H12N5O7P/c11-7-2-8(13-1-12-7)15-9(14-2)6(22-23(18,19)20)5-3(16)4(17)10(15)21-5/h1,3-6,10,16-17H,(H2,11,12,13)(H2,18,19,20)/t3-,4?,5?,6+,10+/m0/s1. The van der Waals surface area contributed by atoms with Crippen molar-refractivity contribution in [3.8, 4) is 0 Å². The van der Waals surface area contributed by atoms with E-state index < -0.39 is 38.5 Å². The number of rotatable bonds is 2. The third kappa shape index (κ3) is 2.08. The summed E-state index contributed by atoms with van der Waals surface area (Å²) < 4.78 is 22.7. The molecule has 2 aliphatic heterocycles. The summed E-state index contributed by atoms with van der Waals surface area (Å²) >= 11 is 0. The molecule has 13 heteroatoms. The fourth-order valence-electron chi connectivity index (χ4n) is 2.95. The number of ether oxygens (including phenoxy) is 1. The zero-order valence-electron chi connectivity index (χ0n) is 11.3. The third-order valence-corrected chi connectivity index (χ3v) is 4.37. The zero-order valence-corrected chi connectivity index (χ0v) is 12.2. The fourth-order valence-corrected chi connectivity index (χ4v) is 3.46. The number of aliphatic hydroxyl groups excluding tert-OH is 2. The molecule has 12 nitrogen and oxygen atoms in total. The van der Waals surface area contributed by atoms with Crippen LogP contribution in [0.25, 0.3) is 11.2 Å². The average molecular weight is 345 g/mol. The number of imidazole rings is 1. The highest BCUT2D eigenvalue weighted by atomic mass is 31.2. The highest BCUT2D eigenvalue weighted by Crippen LogP contribution is 2.51. The van der Waals surface area contributed by atoms with Gasteiger partial charge in [0.2, 0.25) is 0 Å². The van der Waals surface area contributed by atoms with E-state index >= 15 is 0 Å². The van der Waals surface area contributed by atoms with Crippen LogP contribution >= 0.6 is 7.82 Å². The highest BCUT2D eigenvalue weighted by molar-refractivity contribution is 7.46. The Bertz CT molecular complexity index is 836. The maximum Gasteiger partial charge on any atom is 0.470 e. The molecule has 2 aliphatic rings. The lowest BCUT2D eigenvalue weighted by Crippen LogP contribution is -2.35. The van der Waals surface area contributed by atoms with Gasteiger partial charge in [0.05, 0.1) is 0 Å². The molecule has 2 unspecified atom stereocenters. The fraction of sp³-hybridized carbons (Fsp3) is 0.500. The van der Waals surface area contributed by atoms with Crippen LogP contribution in [0.5, 0.6) is 0 Å². The van der Waals surface area contributed by atoms with Crippen molar-refractivity contribution in [1.29, 1.82) is 0 Å². The molecule has 4 heterocycles. The van der Waals surface area contributed by atoms with E-state index in [0.717, 1.165) is 0 Å². The number of fused-ring (bicyclic) bond motifs is 6. The summed E-state index contributed by atoms with van der Waals surface area (Å²) in [7, 11) is -4.92. The van der Waals surface area contributed by atoms with E-state index in [0.29, 0.717) is 0 Å². The van der Waals surface area contributed by atoms with Gasteiger partial charge in [-0.3, -0.25) is 9.09 Å². The summed E-state index contributed by atoms with van der Waals surface area (Å²) in [4.78, 5) is 30.2. The minimum atomic E-state index is -4.92. The molecule has 5 atom stereocenters. The Balaban J connectivity index is 1.96. The smallest absolute Gasteiger partial charge is 0.387 e. The predicted molar refractivity (Wildman–Crippen MR) is 71.5 cm³/mol. The second kappa shape index (κ2) is 4.68. The van der Waals surface area contributed by atoms with Crippen molar-refractivity contribution in [2.75, 3.05) is 5.73 Å². The quantitative estimate of drug-likeness (QED) is 0.386. The molecule has 4 rings (SSSR count). The first-order valence-corrected chi connectivity index (χ1v) is 8.05. The van der Waals surface area contributed by atoms with E-state index in [9.17, 15) is 14.8 Å². The first-order valence-electron chi connectivity index (χ1n) is 6.52. The van der Waals surface area contributed by atoms with E-state index in [1.807, 2.05) is 0 Å². The van der Waals surface area contributed by atoms with E-state index in [1.165, 1.54) is 10.9 Å². The molecule has 1 saturated heterocycles. The van der Waals surface area contributed by atoms with Crippen LogP contribution in [0.1, 0.15) is 18.2 Å². The summed E-state index contributed by atoms with van der Waals surface area (Å²) in [5.41, 5.74) is 6.10. The van der Waals surface area contributed by atoms with Crippen molar-refractivity contribution >= 4 is 24.8 Å². The van der Waals surface area contributed by atoms with Gasteiger partial charge in [-0.05, 0) is 0 Å². The average Bonchev–Trinajstić information content (AvgIpc) is 2.96. The van der Waals surface area contributed by atoms with Gasteiger partial charge in [0.1, 0.15) is 30.5 Å². The molecular formula is C10H12N5O7P. The molecule has 23 heavy (non-hydrogen) atoms. The topological polar surface area (TPSA) is 186 Å². The summed E-state index contributed by atoms with van der Waals surface area (Å²) in [6.07, 6.45) is -5.21. The molecule has 1 fully saturated rings. The zero-order chi connectivity index (χ0) is 16.5. The van der Waals surface area contributed by atoms with Crippen LogP contribution in [0.4, 0.5) is 5.82 Å². The largest absolute Gasteiger partial charge is 0.470 e. The van der Waals surface area contributed by atoms with Crippen molar-refractivity contribution < 1.29 is 33.8 Å². The molecule has 124 valence electrons. The van der Waals surface area contributed by atoms with E-state index in [2.05, 4.69) is 15.0 Å². The first-order chi connectivity index (χ1) is 10.8. The molecule has 2 aromatic heterocycles. The Morgan fingerprint density at radius 1 is 1.30 bits per heavy atom. The first kappa shape index (κ1) is 14.9. The van der Waals surface area contributed by atoms with Gasteiger partial charge in [-0.2, -0.15) is 0 Å². The Morgan fingerprint density at radius 3 is 2.74 bits per heavy atom. The van der Waals surface area contributed by atoms with Gasteiger partial charge >= 0.3 is 7.82 Å². The lowest BCUT2D eigenvalue weighted by Gasteiger charge is -2.30. The second-order valence-electron chi connectivity index (χ2n) is 5.26. The van der Waals surface area contributed by atoms with E-state index in [1.54, 1.807) is 0 Å². The maximum absolute atomic E-state index is 11.2. The molecule has 6 N–H and O–H groups in total. The maximum atomic E-state index is 11.2. The van der Waals surface area contributed by atoms with Gasteiger partial charge in [-0.15, -0.1) is 0 Å². The van der Waals surface area contributed by atoms with Crippen LogP contribution in [0, 0.1) is 0 Å². The van der Waals surface area contributed by atoms with Gasteiger partial charge in [0.25, 0.3) is 0 Å². The van der Waals surface area contributed by atoms with Gasteiger partial charge in [0.15, 0.2) is 29.3 Å². The molecule has 0 aromatic carbocycles. The van der Waals surface area contributed by atoms with Crippen molar-refractivity contribution in [2.45, 2.75) is 30.6 Å². The molecule has 0 radical (unpaired) electrons. The number of anilines is 1. The van der Waals surface area contributed by atoms with Gasteiger partial charge in [0, 0.05) is 0 Å². The number of nitrogens with zero attached hydrogens (tertiary/aromatic N) is 4. The monoisotopic (exact) mass is 345 g/mol. The number of nitrogen functional groups attached to an aromatic ring is 1. The van der Waals surface area contributed by atoms with Gasteiger partial charge in [-0.25, -0.2) is 19.5 Å². The van der Waals surface area contributed by atoms with Crippen LogP contribution in [-0.4, -0.2) is 57.8 Å². The molecule has 0 aliphatic carbocycles. The number of hydrogen-bond acceptors (Lipinski definition) is 9. The van der Waals surface area contributed by atoms with Crippen molar-refractivity contribution in [3.63, 3.8) is 0 Å². The molecule has 2 bridgehead atoms. The minimum Gasteiger partial charge on any atom is -0.387 e. The van der Waals surface area contributed by atoms with Gasteiger partial charge < -0.3 is 30.5 Å². The predicted octanol–water partition coefficient (Wildman–Crippen LogP) is -1.81. The van der Waals surface area contributed by atoms with Crippen LogP contribution < -0.4 is 5.73 Å². The van der Waals surface area contributed by atoms with Gasteiger partial charge in [-0.1, -0.05) is 0 Å². The van der Waals surface area contributed by atoms with Crippen molar-refractivity contribution in [1.82, 2.24) is 19.5 Å². The van der Waals surface area contributed by atoms with Crippen molar-refractivity contribution in [2.24, 2.45) is 0 Å². The Labute approximate surface area is 127 Å². The lowest BCUT2D eigenvalue weighted by atomic mass is 10.1. The van der Waals surface area contributed by atoms with E-state index in [-0.39, 0.29) is 22.8 Å². The second-order valence-corrected chi connectivity index (χ2v) is 6.45. The SMILES string of the molecule is Nc1ncnc2c1nc1n2[C@@H]2OC([C@@H](O)C2O)[C@H]1OP(=O)(O)O.